The van der Waals surface area contributed by atoms with Crippen molar-refractivity contribution in [3.05, 3.63) is 60.0 Å². The van der Waals surface area contributed by atoms with Gasteiger partial charge in [0.15, 0.2) is 11.6 Å². The van der Waals surface area contributed by atoms with Crippen LogP contribution in [0.15, 0.2) is 48.7 Å². The van der Waals surface area contributed by atoms with E-state index in [4.69, 9.17) is 15.6 Å². The molecule has 1 aliphatic rings. The molecule has 0 unspecified atom stereocenters. The summed E-state index contributed by atoms with van der Waals surface area (Å²) in [4.78, 5) is 6.60. The Balaban J connectivity index is 1.70. The Kier molecular flexibility index (Phi) is 6.50. The fourth-order valence-electron chi connectivity index (χ4n) is 4.01. The number of sulfonamides is 1. The predicted octanol–water partition coefficient (Wildman–Crippen LogP) is 2.34. The fraction of sp³-hybridized carbons (Fsp3) is 0.261. The normalized spacial score (nSPS) is 14.3. The molecule has 0 amide bonds. The third-order valence-electron chi connectivity index (χ3n) is 5.59. The number of methoxy groups -OCH3 is 1. The average molecular weight is 472 g/mol. The lowest BCUT2D eigenvalue weighted by molar-refractivity contribution is 0.383. The number of nitrogens with one attached hydrogen (secondary N) is 1. The molecule has 0 spiro atoms. The van der Waals surface area contributed by atoms with Gasteiger partial charge in [-0.05, 0) is 41.5 Å². The number of ether oxygens (including phenoxy) is 1. The summed E-state index contributed by atoms with van der Waals surface area (Å²) in [7, 11) is -2.63. The lowest BCUT2D eigenvalue weighted by Crippen LogP contribution is -2.43. The van der Waals surface area contributed by atoms with Crippen molar-refractivity contribution in [3.8, 4) is 28.0 Å². The summed E-state index contributed by atoms with van der Waals surface area (Å²) < 4.78 is 43.0. The van der Waals surface area contributed by atoms with Gasteiger partial charge in [-0.25, -0.2) is 22.9 Å². The molecule has 1 fully saturated rings. The third kappa shape index (κ3) is 5.24. The van der Waals surface area contributed by atoms with Crippen molar-refractivity contribution in [3.63, 3.8) is 0 Å². The minimum Gasteiger partial charge on any atom is -0.493 e. The maximum Gasteiger partial charge on any atom is 0.213 e. The summed E-state index contributed by atoms with van der Waals surface area (Å²) >= 11 is 0. The molecule has 3 aromatic rings. The van der Waals surface area contributed by atoms with Gasteiger partial charge in [-0.15, -0.1) is 0 Å². The van der Waals surface area contributed by atoms with Gasteiger partial charge in [-0.2, -0.15) is 0 Å². The van der Waals surface area contributed by atoms with E-state index in [1.807, 2.05) is 18.2 Å². The first-order chi connectivity index (χ1) is 15.7. The van der Waals surface area contributed by atoms with Crippen LogP contribution >= 0.6 is 0 Å². The van der Waals surface area contributed by atoms with Crippen LogP contribution < -0.4 is 25.8 Å². The minimum absolute atomic E-state index is 0.111. The van der Waals surface area contributed by atoms with Crippen LogP contribution in [0.1, 0.15) is 5.56 Å². The van der Waals surface area contributed by atoms with Gasteiger partial charge in [0.1, 0.15) is 5.82 Å². The second-order valence-electron chi connectivity index (χ2n) is 7.90. The van der Waals surface area contributed by atoms with Crippen LogP contribution in [0.4, 0.5) is 15.9 Å². The number of benzene rings is 2. The third-order valence-corrected chi connectivity index (χ3v) is 6.31. The smallest absolute Gasteiger partial charge is 0.213 e. The number of rotatable bonds is 6. The van der Waals surface area contributed by atoms with Gasteiger partial charge >= 0.3 is 0 Å². The maximum atomic E-state index is 14.7. The number of nitrogen functional groups attached to an aromatic ring is 1. The number of piperazine rings is 1. The number of halogens is 1. The molecule has 0 atom stereocenters. The van der Waals surface area contributed by atoms with E-state index in [1.165, 1.54) is 19.2 Å². The second kappa shape index (κ2) is 9.34. The molecule has 2 heterocycles. The van der Waals surface area contributed by atoms with Crippen molar-refractivity contribution in [2.45, 2.75) is 5.75 Å². The zero-order chi connectivity index (χ0) is 23.6. The van der Waals surface area contributed by atoms with Crippen molar-refractivity contribution in [1.29, 1.82) is 0 Å². The number of nitrogens with zero attached hydrogens (tertiary/aromatic N) is 2. The fourth-order valence-corrected chi connectivity index (χ4v) is 4.66. The Bertz CT molecular complexity index is 1260. The molecule has 1 aromatic heterocycles. The van der Waals surface area contributed by atoms with Crippen molar-refractivity contribution < 1.29 is 17.5 Å². The summed E-state index contributed by atoms with van der Waals surface area (Å²) in [5.74, 6) is -1.25. The summed E-state index contributed by atoms with van der Waals surface area (Å²) in [6.45, 7) is 3.82. The SMILES string of the molecule is COc1c(F)cc(-c2cc(-c3ccc(N4CCNCC4)cc3)cnc2N)cc1CS(N)(=O)=O. The molecule has 0 saturated carbocycles. The van der Waals surface area contributed by atoms with Crippen LogP contribution in [0.3, 0.4) is 0 Å². The zero-order valence-corrected chi connectivity index (χ0v) is 19.0. The molecular weight excluding hydrogens is 445 g/mol. The van der Waals surface area contributed by atoms with Gasteiger partial charge in [0, 0.05) is 54.8 Å². The molecule has 0 aliphatic carbocycles. The number of nitrogens with two attached hydrogens (primary N) is 2. The van der Waals surface area contributed by atoms with E-state index in [1.54, 1.807) is 6.20 Å². The Morgan fingerprint density at radius 1 is 1.09 bits per heavy atom. The molecule has 1 aliphatic heterocycles. The minimum atomic E-state index is -3.90. The summed E-state index contributed by atoms with van der Waals surface area (Å²) in [6, 6.07) is 12.7. The van der Waals surface area contributed by atoms with Crippen LogP contribution in [-0.4, -0.2) is 46.7 Å². The molecule has 0 bridgehead atoms. The van der Waals surface area contributed by atoms with E-state index in [2.05, 4.69) is 27.3 Å². The van der Waals surface area contributed by atoms with Crippen molar-refractivity contribution in [2.24, 2.45) is 5.14 Å². The van der Waals surface area contributed by atoms with Crippen molar-refractivity contribution in [1.82, 2.24) is 10.3 Å². The standard InChI is InChI=1S/C23H26FN5O3S/c1-32-22-18(14-33(26,30)31)10-16(12-21(22)24)20-11-17(13-28-23(20)25)15-2-4-19(5-3-15)29-8-6-27-7-9-29/h2-5,10-13,27H,6-9,14H2,1H3,(H2,25,28)(H2,26,30,31). The Hall–Kier alpha value is -3.21. The van der Waals surface area contributed by atoms with E-state index in [0.717, 1.165) is 43.0 Å². The molecule has 33 heavy (non-hydrogen) atoms. The van der Waals surface area contributed by atoms with Crippen LogP contribution in [0.2, 0.25) is 0 Å². The largest absolute Gasteiger partial charge is 0.493 e. The molecular formula is C23H26FN5O3S. The van der Waals surface area contributed by atoms with Gasteiger partial charge in [-0.3, -0.25) is 0 Å². The van der Waals surface area contributed by atoms with Gasteiger partial charge in [-0.1, -0.05) is 12.1 Å². The Morgan fingerprint density at radius 2 is 1.79 bits per heavy atom. The summed E-state index contributed by atoms with van der Waals surface area (Å²) in [6.07, 6.45) is 1.66. The monoisotopic (exact) mass is 471 g/mol. The van der Waals surface area contributed by atoms with E-state index in [9.17, 15) is 12.8 Å². The summed E-state index contributed by atoms with van der Waals surface area (Å²) in [5.41, 5.74) is 9.96. The van der Waals surface area contributed by atoms with Gasteiger partial charge < -0.3 is 20.7 Å². The maximum absolute atomic E-state index is 14.7. The molecule has 10 heteroatoms. The molecule has 5 N–H and O–H groups in total. The number of pyridine rings is 1. The number of primary sulfonamides is 1. The first-order valence-corrected chi connectivity index (χ1v) is 12.2. The highest BCUT2D eigenvalue weighted by atomic mass is 32.2. The highest BCUT2D eigenvalue weighted by molar-refractivity contribution is 7.88. The highest BCUT2D eigenvalue weighted by Gasteiger charge is 2.19. The first kappa shape index (κ1) is 23.0. The highest BCUT2D eigenvalue weighted by Crippen LogP contribution is 2.35. The molecule has 1 saturated heterocycles. The molecule has 8 nitrogen and oxygen atoms in total. The van der Waals surface area contributed by atoms with Crippen LogP contribution in [-0.2, 0) is 15.8 Å². The number of aromatic nitrogens is 1. The quantitative estimate of drug-likeness (QED) is 0.504. The van der Waals surface area contributed by atoms with Gasteiger partial charge in [0.05, 0.1) is 12.9 Å². The molecule has 4 rings (SSSR count). The van der Waals surface area contributed by atoms with Crippen LogP contribution in [0, 0.1) is 5.82 Å². The van der Waals surface area contributed by atoms with E-state index in [-0.39, 0.29) is 17.1 Å². The van der Waals surface area contributed by atoms with E-state index in [0.29, 0.717) is 11.1 Å². The number of hydrogen-bond donors (Lipinski definition) is 3. The topological polar surface area (TPSA) is 124 Å². The first-order valence-electron chi connectivity index (χ1n) is 10.4. The van der Waals surface area contributed by atoms with Gasteiger partial charge in [0.25, 0.3) is 0 Å². The van der Waals surface area contributed by atoms with Crippen LogP contribution in [0.25, 0.3) is 22.3 Å². The predicted molar refractivity (Wildman–Crippen MR) is 128 cm³/mol. The molecule has 2 aromatic carbocycles. The lowest BCUT2D eigenvalue weighted by Gasteiger charge is -2.29. The lowest BCUT2D eigenvalue weighted by atomic mass is 9.99. The molecule has 174 valence electrons. The zero-order valence-electron chi connectivity index (χ0n) is 18.2. The number of anilines is 2. The second-order valence-corrected chi connectivity index (χ2v) is 9.51. The Labute approximate surface area is 192 Å². The van der Waals surface area contributed by atoms with Crippen LogP contribution in [0.5, 0.6) is 5.75 Å². The summed E-state index contributed by atoms with van der Waals surface area (Å²) in [5, 5.41) is 8.52. The number of hydrogen-bond acceptors (Lipinski definition) is 7. The van der Waals surface area contributed by atoms with Crippen molar-refractivity contribution in [2.75, 3.05) is 43.9 Å². The Morgan fingerprint density at radius 3 is 2.42 bits per heavy atom. The van der Waals surface area contributed by atoms with E-state index >= 15 is 0 Å². The van der Waals surface area contributed by atoms with E-state index < -0.39 is 21.6 Å². The van der Waals surface area contributed by atoms with Crippen molar-refractivity contribution >= 4 is 21.5 Å². The molecule has 0 radical (unpaired) electrons. The average Bonchev–Trinajstić information content (AvgIpc) is 2.79. The van der Waals surface area contributed by atoms with Gasteiger partial charge in [0.2, 0.25) is 10.0 Å².